The maximum atomic E-state index is 10.0. The second kappa shape index (κ2) is 8.31. The van der Waals surface area contributed by atoms with Gasteiger partial charge in [-0.15, -0.1) is 0 Å². The summed E-state index contributed by atoms with van der Waals surface area (Å²) < 4.78 is 1.92. The number of aromatic hydroxyl groups is 1. The lowest BCUT2D eigenvalue weighted by Crippen LogP contribution is -2.45. The summed E-state index contributed by atoms with van der Waals surface area (Å²) in [5.41, 5.74) is 1.35. The van der Waals surface area contributed by atoms with Crippen LogP contribution in [-0.4, -0.2) is 36.2 Å². The van der Waals surface area contributed by atoms with E-state index in [0.717, 1.165) is 39.2 Å². The Hall–Kier alpha value is 0.400. The summed E-state index contributed by atoms with van der Waals surface area (Å²) in [6.45, 7) is 8.95. The van der Waals surface area contributed by atoms with E-state index in [1.54, 1.807) is 0 Å². The molecule has 3 nitrogen and oxygen atoms in total. The van der Waals surface area contributed by atoms with E-state index in [1.165, 1.54) is 18.4 Å². The van der Waals surface area contributed by atoms with Gasteiger partial charge < -0.3 is 10.4 Å². The lowest BCUT2D eigenvalue weighted by atomic mass is 9.95. The van der Waals surface area contributed by atoms with Crippen molar-refractivity contribution in [3.63, 3.8) is 0 Å². The van der Waals surface area contributed by atoms with Gasteiger partial charge in [-0.2, -0.15) is 0 Å². The summed E-state index contributed by atoms with van der Waals surface area (Å²) in [5, 5.41) is 13.4. The van der Waals surface area contributed by atoms with E-state index >= 15 is 0 Å². The molecule has 1 aromatic carbocycles. The number of nitrogens with zero attached hydrogens (tertiary/aromatic N) is 1. The molecule has 21 heavy (non-hydrogen) atoms. The molecule has 0 aromatic heterocycles. The van der Waals surface area contributed by atoms with Crippen LogP contribution in [0.25, 0.3) is 0 Å². The fourth-order valence-electron chi connectivity index (χ4n) is 2.82. The fourth-order valence-corrected chi connectivity index (χ4v) is 4.64. The molecule has 118 valence electrons. The molecule has 1 aliphatic rings. The SMILES string of the molecule is CC(C)CC[C@@H](c1cc(I)c(O)c(I)c1)N1CCNCC1. The Morgan fingerprint density at radius 2 is 1.71 bits per heavy atom. The number of phenolic OH excluding ortho intramolecular Hbond substituents is 1. The van der Waals surface area contributed by atoms with Gasteiger partial charge in [0.15, 0.2) is 0 Å². The number of benzene rings is 1. The van der Waals surface area contributed by atoms with E-state index in [9.17, 15) is 5.11 Å². The van der Waals surface area contributed by atoms with Gasteiger partial charge in [-0.25, -0.2) is 0 Å². The summed E-state index contributed by atoms with van der Waals surface area (Å²) in [6.07, 6.45) is 2.43. The number of hydrogen-bond acceptors (Lipinski definition) is 3. The maximum Gasteiger partial charge on any atom is 0.142 e. The van der Waals surface area contributed by atoms with Crippen LogP contribution in [0.5, 0.6) is 5.75 Å². The molecule has 2 N–H and O–H groups in total. The van der Waals surface area contributed by atoms with Gasteiger partial charge in [0.2, 0.25) is 0 Å². The van der Waals surface area contributed by atoms with Crippen molar-refractivity contribution >= 4 is 45.2 Å². The normalized spacial score (nSPS) is 18.1. The number of piperazine rings is 1. The lowest BCUT2D eigenvalue weighted by molar-refractivity contribution is 0.159. The lowest BCUT2D eigenvalue weighted by Gasteiger charge is -2.36. The van der Waals surface area contributed by atoms with Gasteiger partial charge in [-0.05, 0) is 81.6 Å². The topological polar surface area (TPSA) is 35.5 Å². The number of rotatable bonds is 5. The first-order valence-corrected chi connectivity index (χ1v) is 9.77. The molecule has 1 aliphatic heterocycles. The number of phenols is 1. The Morgan fingerprint density at radius 1 is 1.14 bits per heavy atom. The summed E-state index contributed by atoms with van der Waals surface area (Å²) in [4.78, 5) is 2.59. The van der Waals surface area contributed by atoms with Crippen molar-refractivity contribution in [3.05, 3.63) is 24.8 Å². The molecule has 1 heterocycles. The van der Waals surface area contributed by atoms with Crippen LogP contribution in [0.3, 0.4) is 0 Å². The first kappa shape index (κ1) is 17.7. The molecule has 0 bridgehead atoms. The minimum absolute atomic E-state index is 0.419. The first-order chi connectivity index (χ1) is 9.99. The van der Waals surface area contributed by atoms with Crippen LogP contribution in [0.1, 0.15) is 38.3 Å². The van der Waals surface area contributed by atoms with Crippen LogP contribution in [0.4, 0.5) is 0 Å². The van der Waals surface area contributed by atoms with E-state index in [0.29, 0.717) is 11.8 Å². The van der Waals surface area contributed by atoms with Crippen molar-refractivity contribution in [2.24, 2.45) is 5.92 Å². The van der Waals surface area contributed by atoms with E-state index in [4.69, 9.17) is 0 Å². The van der Waals surface area contributed by atoms with Gasteiger partial charge in [-0.1, -0.05) is 13.8 Å². The summed E-state index contributed by atoms with van der Waals surface area (Å²) in [7, 11) is 0. The van der Waals surface area contributed by atoms with Gasteiger partial charge in [0.1, 0.15) is 5.75 Å². The Kier molecular flexibility index (Phi) is 7.02. The number of nitrogens with one attached hydrogen (secondary N) is 1. The largest absolute Gasteiger partial charge is 0.506 e. The molecular formula is C16H24I2N2O. The maximum absolute atomic E-state index is 10.0. The van der Waals surface area contributed by atoms with Crippen LogP contribution in [-0.2, 0) is 0 Å². The molecule has 0 saturated carbocycles. The van der Waals surface area contributed by atoms with Crippen molar-refractivity contribution in [1.82, 2.24) is 10.2 Å². The van der Waals surface area contributed by atoms with Gasteiger partial charge in [-0.3, -0.25) is 4.90 Å². The van der Waals surface area contributed by atoms with E-state index in [2.05, 4.69) is 81.4 Å². The molecular weight excluding hydrogens is 490 g/mol. The molecule has 1 saturated heterocycles. The van der Waals surface area contributed by atoms with Gasteiger partial charge in [0, 0.05) is 32.2 Å². The highest BCUT2D eigenvalue weighted by Crippen LogP contribution is 2.34. The molecule has 2 rings (SSSR count). The van der Waals surface area contributed by atoms with Crippen molar-refractivity contribution < 1.29 is 5.11 Å². The van der Waals surface area contributed by atoms with Crippen molar-refractivity contribution in [1.29, 1.82) is 0 Å². The van der Waals surface area contributed by atoms with Crippen LogP contribution in [0.2, 0.25) is 0 Å². The predicted molar refractivity (Wildman–Crippen MR) is 105 cm³/mol. The fraction of sp³-hybridized carbons (Fsp3) is 0.625. The molecule has 0 spiro atoms. The van der Waals surface area contributed by atoms with Gasteiger partial charge >= 0.3 is 0 Å². The second-order valence-electron chi connectivity index (χ2n) is 6.11. The Labute approximate surface area is 155 Å². The predicted octanol–water partition coefficient (Wildman–Crippen LogP) is 3.98. The molecule has 1 atom stereocenters. The zero-order valence-electron chi connectivity index (χ0n) is 12.7. The van der Waals surface area contributed by atoms with E-state index < -0.39 is 0 Å². The summed E-state index contributed by atoms with van der Waals surface area (Å²) in [6, 6.07) is 4.79. The zero-order chi connectivity index (χ0) is 15.4. The highest BCUT2D eigenvalue weighted by Gasteiger charge is 2.23. The Balaban J connectivity index is 2.24. The summed E-state index contributed by atoms with van der Waals surface area (Å²) >= 11 is 4.47. The van der Waals surface area contributed by atoms with Crippen molar-refractivity contribution in [3.8, 4) is 5.75 Å². The Bertz CT molecular complexity index is 450. The van der Waals surface area contributed by atoms with Crippen LogP contribution < -0.4 is 5.32 Å². The third-order valence-electron chi connectivity index (χ3n) is 4.03. The van der Waals surface area contributed by atoms with E-state index in [-0.39, 0.29) is 0 Å². The smallest absolute Gasteiger partial charge is 0.142 e. The second-order valence-corrected chi connectivity index (χ2v) is 8.43. The molecule has 5 heteroatoms. The number of halogens is 2. The van der Waals surface area contributed by atoms with Crippen molar-refractivity contribution in [2.75, 3.05) is 26.2 Å². The van der Waals surface area contributed by atoms with Crippen molar-refractivity contribution in [2.45, 2.75) is 32.7 Å². The molecule has 0 unspecified atom stereocenters. The monoisotopic (exact) mass is 514 g/mol. The van der Waals surface area contributed by atoms with Crippen LogP contribution in [0, 0.1) is 13.1 Å². The average molecular weight is 514 g/mol. The van der Waals surface area contributed by atoms with Crippen LogP contribution >= 0.6 is 45.2 Å². The summed E-state index contributed by atoms with van der Waals surface area (Å²) in [5.74, 6) is 1.15. The standard InChI is InChI=1S/C16H24I2N2O/c1-11(2)3-4-15(20-7-5-19-6-8-20)12-9-13(17)16(21)14(18)10-12/h9-11,15,19,21H,3-8H2,1-2H3/t15-/m0/s1. The molecule has 0 amide bonds. The Morgan fingerprint density at radius 3 is 2.24 bits per heavy atom. The first-order valence-electron chi connectivity index (χ1n) is 7.61. The molecule has 0 aliphatic carbocycles. The zero-order valence-corrected chi connectivity index (χ0v) is 17.0. The molecule has 1 fully saturated rings. The number of hydrogen-bond donors (Lipinski definition) is 2. The third-order valence-corrected chi connectivity index (χ3v) is 5.68. The van der Waals surface area contributed by atoms with Crippen LogP contribution in [0.15, 0.2) is 12.1 Å². The third kappa shape index (κ3) is 4.94. The molecule has 1 aromatic rings. The highest BCUT2D eigenvalue weighted by molar-refractivity contribution is 14.1. The van der Waals surface area contributed by atoms with Gasteiger partial charge in [0.25, 0.3) is 0 Å². The molecule has 0 radical (unpaired) electrons. The minimum Gasteiger partial charge on any atom is -0.506 e. The highest BCUT2D eigenvalue weighted by atomic mass is 127. The van der Waals surface area contributed by atoms with E-state index in [1.807, 2.05) is 0 Å². The average Bonchev–Trinajstić information content (AvgIpc) is 2.45. The minimum atomic E-state index is 0.419. The van der Waals surface area contributed by atoms with Gasteiger partial charge in [0.05, 0.1) is 7.14 Å². The quantitative estimate of drug-likeness (QED) is 0.584.